The number of H-pyrrole nitrogens is 1. The summed E-state index contributed by atoms with van der Waals surface area (Å²) in [5.41, 5.74) is 4.39. The average Bonchev–Trinajstić information content (AvgIpc) is 3.14. The molecule has 5 heteroatoms. The summed E-state index contributed by atoms with van der Waals surface area (Å²) in [6.07, 6.45) is 0.896. The van der Waals surface area contributed by atoms with Crippen LogP contribution in [0.25, 0.3) is 11.3 Å². The van der Waals surface area contributed by atoms with Crippen molar-refractivity contribution in [3.05, 3.63) is 65.9 Å². The summed E-state index contributed by atoms with van der Waals surface area (Å²) in [5.74, 6) is 1.50. The fraction of sp³-hybridized carbons (Fsp3) is 0.250. The molecule has 0 radical (unpaired) electrons. The van der Waals surface area contributed by atoms with Crippen LogP contribution in [0.1, 0.15) is 11.3 Å². The van der Waals surface area contributed by atoms with E-state index in [2.05, 4.69) is 33.7 Å². The number of rotatable bonds is 8. The summed E-state index contributed by atoms with van der Waals surface area (Å²) >= 11 is 0. The molecule has 0 spiro atoms. The molecule has 0 saturated heterocycles. The highest BCUT2D eigenvalue weighted by Gasteiger charge is 2.05. The molecule has 1 heterocycles. The van der Waals surface area contributed by atoms with Gasteiger partial charge in [-0.2, -0.15) is 5.10 Å². The summed E-state index contributed by atoms with van der Waals surface area (Å²) in [4.78, 5) is 0. The Balaban J connectivity index is 1.50. The van der Waals surface area contributed by atoms with Crippen molar-refractivity contribution in [1.82, 2.24) is 15.5 Å². The lowest BCUT2D eigenvalue weighted by molar-refractivity contribution is 0.354. The quantitative estimate of drug-likeness (QED) is 0.618. The summed E-state index contributed by atoms with van der Waals surface area (Å²) in [7, 11) is 3.29. The Hall–Kier alpha value is -2.79. The Bertz CT molecular complexity index is 800. The third kappa shape index (κ3) is 4.39. The number of aromatic nitrogens is 2. The van der Waals surface area contributed by atoms with Gasteiger partial charge in [0.05, 0.1) is 19.9 Å². The summed E-state index contributed by atoms with van der Waals surface area (Å²) in [5, 5.41) is 10.9. The Labute approximate surface area is 148 Å². The average molecular weight is 337 g/mol. The van der Waals surface area contributed by atoms with E-state index in [1.807, 2.05) is 36.4 Å². The van der Waals surface area contributed by atoms with Crippen LogP contribution in [0.4, 0.5) is 0 Å². The zero-order valence-corrected chi connectivity index (χ0v) is 14.6. The lowest BCUT2D eigenvalue weighted by Crippen LogP contribution is -2.16. The summed E-state index contributed by atoms with van der Waals surface area (Å²) in [6, 6.07) is 18.3. The molecule has 0 fully saturated rings. The lowest BCUT2D eigenvalue weighted by Gasteiger charge is -2.10. The van der Waals surface area contributed by atoms with Gasteiger partial charge in [0.15, 0.2) is 11.5 Å². The van der Waals surface area contributed by atoms with Gasteiger partial charge in [-0.1, -0.05) is 36.4 Å². The molecular weight excluding hydrogens is 314 g/mol. The number of benzene rings is 2. The van der Waals surface area contributed by atoms with Gasteiger partial charge in [-0.05, 0) is 23.8 Å². The van der Waals surface area contributed by atoms with Crippen molar-refractivity contribution in [1.29, 1.82) is 0 Å². The largest absolute Gasteiger partial charge is 0.493 e. The van der Waals surface area contributed by atoms with Crippen LogP contribution in [-0.4, -0.2) is 31.0 Å². The van der Waals surface area contributed by atoms with Crippen LogP contribution in [0.2, 0.25) is 0 Å². The molecule has 2 N–H and O–H groups in total. The molecular formula is C20H23N3O2. The van der Waals surface area contributed by atoms with Crippen molar-refractivity contribution in [2.24, 2.45) is 0 Å². The molecule has 3 rings (SSSR count). The fourth-order valence-corrected chi connectivity index (χ4v) is 2.69. The van der Waals surface area contributed by atoms with Crippen LogP contribution in [-0.2, 0) is 13.0 Å². The molecule has 0 aliphatic carbocycles. The second-order valence-corrected chi connectivity index (χ2v) is 5.76. The van der Waals surface area contributed by atoms with Crippen molar-refractivity contribution >= 4 is 0 Å². The molecule has 0 amide bonds. The molecule has 0 atom stereocenters. The van der Waals surface area contributed by atoms with E-state index in [1.54, 1.807) is 14.2 Å². The normalized spacial score (nSPS) is 10.6. The Morgan fingerprint density at radius 2 is 1.76 bits per heavy atom. The zero-order valence-electron chi connectivity index (χ0n) is 14.6. The second kappa shape index (κ2) is 8.35. The first kappa shape index (κ1) is 17.0. The van der Waals surface area contributed by atoms with E-state index in [4.69, 9.17) is 9.47 Å². The van der Waals surface area contributed by atoms with Crippen LogP contribution in [0.5, 0.6) is 11.5 Å². The molecule has 5 nitrogen and oxygen atoms in total. The van der Waals surface area contributed by atoms with Crippen LogP contribution >= 0.6 is 0 Å². The van der Waals surface area contributed by atoms with E-state index in [0.717, 1.165) is 53.5 Å². The number of aromatic amines is 1. The van der Waals surface area contributed by atoms with E-state index >= 15 is 0 Å². The number of hydrogen-bond acceptors (Lipinski definition) is 4. The van der Waals surface area contributed by atoms with Crippen molar-refractivity contribution < 1.29 is 9.47 Å². The molecule has 0 aliphatic heterocycles. The van der Waals surface area contributed by atoms with Crippen molar-refractivity contribution in [2.45, 2.75) is 13.0 Å². The Morgan fingerprint density at radius 3 is 2.52 bits per heavy atom. The Morgan fingerprint density at radius 1 is 0.960 bits per heavy atom. The van der Waals surface area contributed by atoms with Gasteiger partial charge in [-0.25, -0.2) is 0 Å². The molecule has 0 unspecified atom stereocenters. The number of methoxy groups -OCH3 is 2. The van der Waals surface area contributed by atoms with Gasteiger partial charge < -0.3 is 14.8 Å². The van der Waals surface area contributed by atoms with E-state index in [-0.39, 0.29) is 0 Å². The predicted octanol–water partition coefficient (Wildman–Crippen LogP) is 3.43. The van der Waals surface area contributed by atoms with Gasteiger partial charge >= 0.3 is 0 Å². The van der Waals surface area contributed by atoms with E-state index in [0.29, 0.717) is 0 Å². The lowest BCUT2D eigenvalue weighted by atomic mass is 10.1. The van der Waals surface area contributed by atoms with E-state index < -0.39 is 0 Å². The molecule has 0 bridgehead atoms. The van der Waals surface area contributed by atoms with Crippen molar-refractivity contribution in [3.63, 3.8) is 0 Å². The van der Waals surface area contributed by atoms with Crippen LogP contribution in [0.3, 0.4) is 0 Å². The second-order valence-electron chi connectivity index (χ2n) is 5.76. The fourth-order valence-electron chi connectivity index (χ4n) is 2.69. The minimum Gasteiger partial charge on any atom is -0.493 e. The minimum absolute atomic E-state index is 0.747. The van der Waals surface area contributed by atoms with Crippen LogP contribution < -0.4 is 14.8 Å². The van der Waals surface area contributed by atoms with E-state index in [9.17, 15) is 0 Å². The first-order chi connectivity index (χ1) is 12.3. The highest BCUT2D eigenvalue weighted by molar-refractivity contribution is 5.58. The first-order valence-electron chi connectivity index (χ1n) is 8.31. The molecule has 2 aromatic carbocycles. The van der Waals surface area contributed by atoms with Gasteiger partial charge in [-0.3, -0.25) is 5.10 Å². The van der Waals surface area contributed by atoms with Gasteiger partial charge in [0.2, 0.25) is 0 Å². The highest BCUT2D eigenvalue weighted by Crippen LogP contribution is 2.27. The molecule has 25 heavy (non-hydrogen) atoms. The maximum Gasteiger partial charge on any atom is 0.161 e. The number of nitrogens with zero attached hydrogens (tertiary/aromatic N) is 1. The third-order valence-electron chi connectivity index (χ3n) is 4.05. The molecule has 130 valence electrons. The highest BCUT2D eigenvalue weighted by atomic mass is 16.5. The number of hydrogen-bond donors (Lipinski definition) is 2. The molecule has 0 aliphatic rings. The van der Waals surface area contributed by atoms with Gasteiger partial charge in [-0.15, -0.1) is 0 Å². The maximum atomic E-state index is 5.33. The zero-order chi connectivity index (χ0) is 17.5. The van der Waals surface area contributed by atoms with Crippen molar-refractivity contribution in [2.75, 3.05) is 20.8 Å². The van der Waals surface area contributed by atoms with Gasteiger partial charge in [0.25, 0.3) is 0 Å². The molecule has 1 aromatic heterocycles. The number of ether oxygens (including phenoxy) is 2. The van der Waals surface area contributed by atoms with Gasteiger partial charge in [0, 0.05) is 30.8 Å². The summed E-state index contributed by atoms with van der Waals surface area (Å²) in [6.45, 7) is 1.64. The van der Waals surface area contributed by atoms with Crippen molar-refractivity contribution in [3.8, 4) is 22.8 Å². The summed E-state index contributed by atoms with van der Waals surface area (Å²) < 4.78 is 10.6. The Kier molecular flexibility index (Phi) is 5.69. The predicted molar refractivity (Wildman–Crippen MR) is 99.0 cm³/mol. The smallest absolute Gasteiger partial charge is 0.161 e. The molecule has 0 saturated carbocycles. The first-order valence-corrected chi connectivity index (χ1v) is 8.31. The van der Waals surface area contributed by atoms with Crippen LogP contribution in [0.15, 0.2) is 54.6 Å². The topological polar surface area (TPSA) is 59.2 Å². The monoisotopic (exact) mass is 337 g/mol. The van der Waals surface area contributed by atoms with Gasteiger partial charge in [0.1, 0.15) is 0 Å². The number of nitrogens with one attached hydrogen (secondary N) is 2. The van der Waals surface area contributed by atoms with E-state index in [1.165, 1.54) is 0 Å². The third-order valence-corrected chi connectivity index (χ3v) is 4.05. The van der Waals surface area contributed by atoms with Crippen LogP contribution in [0, 0.1) is 0 Å². The maximum absolute atomic E-state index is 5.33. The minimum atomic E-state index is 0.747. The molecule has 3 aromatic rings. The standard InChI is InChI=1S/C20H23N3O2/c1-24-19-9-8-15(12-20(19)25-2)14-21-11-10-17-13-18(23-22-17)16-6-4-3-5-7-16/h3-9,12-13,21H,10-11,14H2,1-2H3,(H,22,23). The SMILES string of the molecule is COc1ccc(CNCCc2cc(-c3ccccc3)n[nH]2)cc1OC.